The van der Waals surface area contributed by atoms with E-state index in [4.69, 9.17) is 9.78 Å². The standard InChI is InChI=1S/C12H20N4O/c1-5-12(3,7-8-13)9-10-14-11(15-17-10)16(4)6-2/h5-7,9H2,1-4H3. The Morgan fingerprint density at radius 1 is 1.47 bits per heavy atom. The van der Waals surface area contributed by atoms with Gasteiger partial charge in [0.05, 0.1) is 6.07 Å². The molecule has 0 saturated carbocycles. The maximum absolute atomic E-state index is 8.82. The normalized spacial score (nSPS) is 14.1. The summed E-state index contributed by atoms with van der Waals surface area (Å²) >= 11 is 0. The quantitative estimate of drug-likeness (QED) is 0.758. The molecule has 1 atom stereocenters. The highest BCUT2D eigenvalue weighted by Gasteiger charge is 2.25. The fourth-order valence-corrected chi connectivity index (χ4v) is 1.48. The third-order valence-corrected chi connectivity index (χ3v) is 3.21. The van der Waals surface area contributed by atoms with Gasteiger partial charge in [-0.2, -0.15) is 10.2 Å². The molecular weight excluding hydrogens is 216 g/mol. The zero-order chi connectivity index (χ0) is 12.9. The lowest BCUT2D eigenvalue weighted by atomic mass is 9.81. The summed E-state index contributed by atoms with van der Waals surface area (Å²) in [5, 5.41) is 12.7. The van der Waals surface area contributed by atoms with E-state index in [1.807, 2.05) is 18.9 Å². The Morgan fingerprint density at radius 2 is 2.18 bits per heavy atom. The van der Waals surface area contributed by atoms with E-state index < -0.39 is 0 Å². The van der Waals surface area contributed by atoms with Crippen molar-refractivity contribution in [1.82, 2.24) is 10.1 Å². The van der Waals surface area contributed by atoms with E-state index in [1.165, 1.54) is 0 Å². The first-order chi connectivity index (χ1) is 8.04. The lowest BCUT2D eigenvalue weighted by molar-refractivity contribution is 0.266. The summed E-state index contributed by atoms with van der Waals surface area (Å²) in [5.41, 5.74) is -0.0800. The monoisotopic (exact) mass is 236 g/mol. The van der Waals surface area contributed by atoms with Crippen LogP contribution in [0.3, 0.4) is 0 Å². The minimum absolute atomic E-state index is 0.0800. The number of nitriles is 1. The van der Waals surface area contributed by atoms with Crippen LogP contribution in [0.2, 0.25) is 0 Å². The number of rotatable bonds is 6. The van der Waals surface area contributed by atoms with Crippen LogP contribution in [-0.2, 0) is 6.42 Å². The Kier molecular flexibility index (Phi) is 4.50. The van der Waals surface area contributed by atoms with E-state index in [1.54, 1.807) is 0 Å². The molecule has 0 aliphatic carbocycles. The van der Waals surface area contributed by atoms with Crippen LogP contribution < -0.4 is 4.90 Å². The summed E-state index contributed by atoms with van der Waals surface area (Å²) < 4.78 is 5.22. The van der Waals surface area contributed by atoms with Crippen LogP contribution in [0, 0.1) is 16.7 Å². The highest BCUT2D eigenvalue weighted by Crippen LogP contribution is 2.29. The van der Waals surface area contributed by atoms with Crippen LogP contribution in [0.5, 0.6) is 0 Å². The van der Waals surface area contributed by atoms with Crippen molar-refractivity contribution >= 4 is 5.95 Å². The molecule has 0 amide bonds. The Labute approximate surface area is 102 Å². The second-order valence-electron chi connectivity index (χ2n) is 4.68. The Hall–Kier alpha value is -1.57. The molecule has 94 valence electrons. The first-order valence-corrected chi connectivity index (χ1v) is 5.95. The maximum Gasteiger partial charge on any atom is 0.265 e. The number of aromatic nitrogens is 2. The number of anilines is 1. The van der Waals surface area contributed by atoms with Crippen LogP contribution in [0.25, 0.3) is 0 Å². The molecule has 5 heteroatoms. The second kappa shape index (κ2) is 5.67. The molecule has 0 aliphatic heterocycles. The van der Waals surface area contributed by atoms with Gasteiger partial charge in [0.25, 0.3) is 5.95 Å². The van der Waals surface area contributed by atoms with Crippen molar-refractivity contribution in [3.05, 3.63) is 5.89 Å². The molecule has 1 rings (SSSR count). The largest absolute Gasteiger partial charge is 0.342 e. The number of nitrogens with zero attached hydrogens (tertiary/aromatic N) is 4. The van der Waals surface area contributed by atoms with Gasteiger partial charge in [0.1, 0.15) is 0 Å². The first-order valence-electron chi connectivity index (χ1n) is 5.95. The van der Waals surface area contributed by atoms with Crippen LogP contribution in [0.1, 0.15) is 39.5 Å². The van der Waals surface area contributed by atoms with E-state index in [2.05, 4.69) is 30.1 Å². The van der Waals surface area contributed by atoms with Gasteiger partial charge >= 0.3 is 0 Å². The average Bonchev–Trinajstić information content (AvgIpc) is 2.76. The molecule has 0 radical (unpaired) electrons. The zero-order valence-corrected chi connectivity index (χ0v) is 11.0. The van der Waals surface area contributed by atoms with Gasteiger partial charge in [0.2, 0.25) is 5.89 Å². The Bertz CT molecular complexity index is 395. The molecule has 0 bridgehead atoms. The average molecular weight is 236 g/mol. The predicted molar refractivity (Wildman–Crippen MR) is 65.6 cm³/mol. The Balaban J connectivity index is 2.75. The minimum atomic E-state index is -0.0800. The van der Waals surface area contributed by atoms with Crippen molar-refractivity contribution in [2.24, 2.45) is 5.41 Å². The van der Waals surface area contributed by atoms with Crippen LogP contribution in [-0.4, -0.2) is 23.7 Å². The van der Waals surface area contributed by atoms with Gasteiger partial charge in [0, 0.05) is 26.4 Å². The molecule has 0 fully saturated rings. The van der Waals surface area contributed by atoms with E-state index in [9.17, 15) is 0 Å². The van der Waals surface area contributed by atoms with Crippen molar-refractivity contribution < 1.29 is 4.52 Å². The predicted octanol–water partition coefficient (Wildman–Crippen LogP) is 2.40. The lowest BCUT2D eigenvalue weighted by Crippen LogP contribution is -2.19. The fourth-order valence-electron chi connectivity index (χ4n) is 1.48. The summed E-state index contributed by atoms with van der Waals surface area (Å²) in [5.74, 6) is 1.22. The van der Waals surface area contributed by atoms with Gasteiger partial charge in [-0.25, -0.2) is 0 Å². The SMILES string of the molecule is CCN(C)c1noc(CC(C)(CC)CC#N)n1. The summed E-state index contributed by atoms with van der Waals surface area (Å²) in [6, 6.07) is 2.22. The van der Waals surface area contributed by atoms with Crippen molar-refractivity contribution in [1.29, 1.82) is 5.26 Å². The topological polar surface area (TPSA) is 66.0 Å². The molecular formula is C12H20N4O. The van der Waals surface area contributed by atoms with Gasteiger partial charge in [-0.3, -0.25) is 0 Å². The molecule has 1 heterocycles. The van der Waals surface area contributed by atoms with Crippen LogP contribution in [0.15, 0.2) is 4.52 Å². The first kappa shape index (κ1) is 13.5. The Morgan fingerprint density at radius 3 is 2.71 bits per heavy atom. The third kappa shape index (κ3) is 3.45. The number of hydrogen-bond donors (Lipinski definition) is 0. The minimum Gasteiger partial charge on any atom is -0.342 e. The molecule has 1 aromatic heterocycles. The molecule has 0 saturated heterocycles. The molecule has 5 nitrogen and oxygen atoms in total. The molecule has 17 heavy (non-hydrogen) atoms. The number of hydrogen-bond acceptors (Lipinski definition) is 5. The highest BCUT2D eigenvalue weighted by molar-refractivity contribution is 5.25. The lowest BCUT2D eigenvalue weighted by Gasteiger charge is -2.22. The van der Waals surface area contributed by atoms with Gasteiger partial charge in [-0.1, -0.05) is 13.8 Å². The maximum atomic E-state index is 8.82. The molecule has 0 aromatic carbocycles. The summed E-state index contributed by atoms with van der Waals surface area (Å²) in [6.07, 6.45) is 2.08. The van der Waals surface area contributed by atoms with Crippen LogP contribution >= 0.6 is 0 Å². The molecule has 0 N–H and O–H groups in total. The van der Waals surface area contributed by atoms with E-state index >= 15 is 0 Å². The van der Waals surface area contributed by atoms with Crippen molar-refractivity contribution in [2.75, 3.05) is 18.5 Å². The zero-order valence-electron chi connectivity index (χ0n) is 11.0. The second-order valence-corrected chi connectivity index (χ2v) is 4.68. The molecule has 1 unspecified atom stereocenters. The third-order valence-electron chi connectivity index (χ3n) is 3.21. The fraction of sp³-hybridized carbons (Fsp3) is 0.750. The molecule has 1 aromatic rings. The molecule has 0 aliphatic rings. The van der Waals surface area contributed by atoms with E-state index in [0.29, 0.717) is 24.7 Å². The van der Waals surface area contributed by atoms with E-state index in [-0.39, 0.29) is 5.41 Å². The summed E-state index contributed by atoms with van der Waals surface area (Å²) in [7, 11) is 1.92. The van der Waals surface area contributed by atoms with Crippen molar-refractivity contribution in [3.8, 4) is 6.07 Å². The van der Waals surface area contributed by atoms with E-state index in [0.717, 1.165) is 13.0 Å². The summed E-state index contributed by atoms with van der Waals surface area (Å²) in [4.78, 5) is 6.25. The van der Waals surface area contributed by atoms with Gasteiger partial charge in [-0.05, 0) is 23.9 Å². The van der Waals surface area contributed by atoms with Gasteiger partial charge < -0.3 is 9.42 Å². The highest BCUT2D eigenvalue weighted by atomic mass is 16.5. The van der Waals surface area contributed by atoms with Gasteiger partial charge in [-0.15, -0.1) is 0 Å². The molecule has 0 spiro atoms. The smallest absolute Gasteiger partial charge is 0.265 e. The van der Waals surface area contributed by atoms with Crippen molar-refractivity contribution in [2.45, 2.75) is 40.0 Å². The summed E-state index contributed by atoms with van der Waals surface area (Å²) in [6.45, 7) is 7.01. The van der Waals surface area contributed by atoms with Crippen LogP contribution in [0.4, 0.5) is 5.95 Å². The van der Waals surface area contributed by atoms with Crippen molar-refractivity contribution in [3.63, 3.8) is 0 Å². The van der Waals surface area contributed by atoms with Gasteiger partial charge in [0.15, 0.2) is 0 Å².